The first-order chi connectivity index (χ1) is 20.6. The molecule has 236 valence electrons. The van der Waals surface area contributed by atoms with Crippen LogP contribution in [0.15, 0.2) is 53.4 Å². The predicted octanol–water partition coefficient (Wildman–Crippen LogP) is 12.2. The summed E-state index contributed by atoms with van der Waals surface area (Å²) in [4.78, 5) is 13.6. The smallest absolute Gasteiger partial charge is 0.224 e. The largest absolute Gasteiger partial charge is 0.494 e. The molecule has 0 radical (unpaired) electrons. The number of carbonyl (C=O) groups excluding carboxylic acids is 1. The Morgan fingerprint density at radius 1 is 0.619 bits per heavy atom. The van der Waals surface area contributed by atoms with Gasteiger partial charge in [0.05, 0.1) is 6.61 Å². The maximum atomic E-state index is 14.2. The molecule has 2 aromatic rings. The molecule has 0 amide bonds. The van der Waals surface area contributed by atoms with Gasteiger partial charge in [0.25, 0.3) is 0 Å². The Kier molecular flexibility index (Phi) is 21.0. The van der Waals surface area contributed by atoms with Gasteiger partial charge < -0.3 is 9.47 Å². The molecule has 0 N–H and O–H groups in total. The van der Waals surface area contributed by atoms with Gasteiger partial charge in [0.1, 0.15) is 24.3 Å². The molecular formula is C37H57FO3S. The second kappa shape index (κ2) is 24.4. The summed E-state index contributed by atoms with van der Waals surface area (Å²) in [6.45, 7) is 5.29. The van der Waals surface area contributed by atoms with E-state index in [0.29, 0.717) is 17.7 Å². The van der Waals surface area contributed by atoms with E-state index in [0.717, 1.165) is 36.5 Å². The molecule has 42 heavy (non-hydrogen) atoms. The van der Waals surface area contributed by atoms with Crippen LogP contribution >= 0.6 is 11.8 Å². The molecular weight excluding hydrogens is 543 g/mol. The number of thioether (sulfide) groups is 1. The van der Waals surface area contributed by atoms with E-state index in [2.05, 4.69) is 13.8 Å². The van der Waals surface area contributed by atoms with Crippen LogP contribution in [0.4, 0.5) is 4.39 Å². The highest BCUT2D eigenvalue weighted by molar-refractivity contribution is 8.14. The Labute approximate surface area is 260 Å². The first-order valence-corrected chi connectivity index (χ1v) is 17.8. The van der Waals surface area contributed by atoms with Gasteiger partial charge in [-0.15, -0.1) is 0 Å². The summed E-state index contributed by atoms with van der Waals surface area (Å²) >= 11 is 1.20. The Hall–Kier alpha value is -2.01. The van der Waals surface area contributed by atoms with Crippen molar-refractivity contribution in [3.8, 4) is 11.5 Å². The standard InChI is InChI=1S/C37H57FO3S/c1-3-5-7-9-11-13-14-16-18-20-30-40-34-26-28-36(29-27-34)42-37(39)32-22-24-35(25-23-32)41-31-33(38)21-19-17-15-12-10-8-6-4-2/h22-29,33H,3-21,30-31H2,1-2H3. The molecule has 0 aromatic heterocycles. The first kappa shape index (κ1) is 36.2. The van der Waals surface area contributed by atoms with Crippen molar-refractivity contribution in [1.29, 1.82) is 0 Å². The van der Waals surface area contributed by atoms with Crippen LogP contribution in [0.3, 0.4) is 0 Å². The fraction of sp³-hybridized carbons (Fsp3) is 0.649. The van der Waals surface area contributed by atoms with Gasteiger partial charge in [0.2, 0.25) is 5.12 Å². The molecule has 3 nitrogen and oxygen atoms in total. The Morgan fingerprint density at radius 3 is 1.62 bits per heavy atom. The molecule has 0 saturated carbocycles. The quantitative estimate of drug-likeness (QED) is 0.0795. The zero-order valence-electron chi connectivity index (χ0n) is 26.6. The molecule has 1 atom stereocenters. The number of carbonyl (C=O) groups is 1. The number of unbranched alkanes of at least 4 members (excludes halogenated alkanes) is 16. The van der Waals surface area contributed by atoms with E-state index in [4.69, 9.17) is 9.47 Å². The third-order valence-corrected chi connectivity index (χ3v) is 8.62. The summed E-state index contributed by atoms with van der Waals surface area (Å²) in [7, 11) is 0. The van der Waals surface area contributed by atoms with E-state index in [1.165, 1.54) is 108 Å². The summed E-state index contributed by atoms with van der Waals surface area (Å²) in [5.74, 6) is 1.44. The van der Waals surface area contributed by atoms with Crippen LogP contribution in [0.25, 0.3) is 0 Å². The van der Waals surface area contributed by atoms with Crippen LogP contribution < -0.4 is 9.47 Å². The minimum Gasteiger partial charge on any atom is -0.494 e. The van der Waals surface area contributed by atoms with Gasteiger partial charge in [0.15, 0.2) is 0 Å². The van der Waals surface area contributed by atoms with Gasteiger partial charge in [-0.1, -0.05) is 123 Å². The summed E-state index contributed by atoms with van der Waals surface area (Å²) in [6, 6.07) is 14.7. The summed E-state index contributed by atoms with van der Waals surface area (Å²) in [6.07, 6.45) is 22.4. The molecule has 0 heterocycles. The van der Waals surface area contributed by atoms with Gasteiger partial charge >= 0.3 is 0 Å². The molecule has 0 aliphatic heterocycles. The molecule has 0 spiro atoms. The average Bonchev–Trinajstić information content (AvgIpc) is 3.01. The number of hydrogen-bond donors (Lipinski definition) is 0. The Bertz CT molecular complexity index is 916. The van der Waals surface area contributed by atoms with E-state index in [-0.39, 0.29) is 11.7 Å². The normalized spacial score (nSPS) is 11.9. The van der Waals surface area contributed by atoms with Crippen LogP contribution in [0.2, 0.25) is 0 Å². The Morgan fingerprint density at radius 2 is 1.07 bits per heavy atom. The molecule has 0 saturated heterocycles. The maximum Gasteiger partial charge on any atom is 0.224 e. The first-order valence-electron chi connectivity index (χ1n) is 16.9. The zero-order chi connectivity index (χ0) is 30.1. The average molecular weight is 601 g/mol. The number of rotatable bonds is 26. The topological polar surface area (TPSA) is 35.5 Å². The third-order valence-electron chi connectivity index (χ3n) is 7.69. The van der Waals surface area contributed by atoms with Crippen molar-refractivity contribution in [3.05, 3.63) is 54.1 Å². The number of halogens is 1. The number of ether oxygens (including phenoxy) is 2. The lowest BCUT2D eigenvalue weighted by Crippen LogP contribution is -2.12. The van der Waals surface area contributed by atoms with Crippen molar-refractivity contribution >= 4 is 16.9 Å². The highest BCUT2D eigenvalue weighted by Gasteiger charge is 2.11. The summed E-state index contributed by atoms with van der Waals surface area (Å²) < 4.78 is 25.8. The van der Waals surface area contributed by atoms with Crippen LogP contribution in [0.5, 0.6) is 11.5 Å². The fourth-order valence-corrected chi connectivity index (χ4v) is 5.75. The minimum absolute atomic E-state index is 0.0290. The molecule has 0 aliphatic rings. The lowest BCUT2D eigenvalue weighted by Gasteiger charge is -2.11. The van der Waals surface area contributed by atoms with Crippen LogP contribution in [-0.4, -0.2) is 24.5 Å². The molecule has 0 aliphatic carbocycles. The van der Waals surface area contributed by atoms with Crippen molar-refractivity contribution in [2.24, 2.45) is 0 Å². The van der Waals surface area contributed by atoms with Crippen molar-refractivity contribution in [2.45, 2.75) is 147 Å². The highest BCUT2D eigenvalue weighted by Crippen LogP contribution is 2.26. The van der Waals surface area contributed by atoms with Crippen molar-refractivity contribution in [3.63, 3.8) is 0 Å². The highest BCUT2D eigenvalue weighted by atomic mass is 32.2. The minimum atomic E-state index is -0.955. The van der Waals surface area contributed by atoms with E-state index in [1.54, 1.807) is 24.3 Å². The monoisotopic (exact) mass is 600 g/mol. The van der Waals surface area contributed by atoms with E-state index >= 15 is 0 Å². The predicted molar refractivity (Wildman–Crippen MR) is 178 cm³/mol. The molecule has 2 rings (SSSR count). The second-order valence-electron chi connectivity index (χ2n) is 11.6. The van der Waals surface area contributed by atoms with Crippen molar-refractivity contribution < 1.29 is 18.7 Å². The molecule has 1 unspecified atom stereocenters. The van der Waals surface area contributed by atoms with E-state index < -0.39 is 6.17 Å². The lowest BCUT2D eigenvalue weighted by molar-refractivity contribution is 0.108. The van der Waals surface area contributed by atoms with Crippen LogP contribution in [0, 0.1) is 0 Å². The number of alkyl halides is 1. The molecule has 0 bridgehead atoms. The van der Waals surface area contributed by atoms with Gasteiger partial charge in [-0.3, -0.25) is 4.79 Å². The summed E-state index contributed by atoms with van der Waals surface area (Å²) in [5.41, 5.74) is 0.601. The maximum absolute atomic E-state index is 14.2. The van der Waals surface area contributed by atoms with Crippen molar-refractivity contribution in [1.82, 2.24) is 0 Å². The van der Waals surface area contributed by atoms with E-state index in [1.807, 2.05) is 24.3 Å². The van der Waals surface area contributed by atoms with Crippen LogP contribution in [0.1, 0.15) is 146 Å². The third kappa shape index (κ3) is 17.8. The van der Waals surface area contributed by atoms with Gasteiger partial charge in [-0.2, -0.15) is 0 Å². The zero-order valence-corrected chi connectivity index (χ0v) is 27.4. The molecule has 5 heteroatoms. The van der Waals surface area contributed by atoms with Gasteiger partial charge in [-0.25, -0.2) is 4.39 Å². The summed E-state index contributed by atoms with van der Waals surface area (Å²) in [5, 5.41) is -0.0290. The lowest BCUT2D eigenvalue weighted by atomic mass is 10.1. The van der Waals surface area contributed by atoms with Gasteiger partial charge in [-0.05, 0) is 73.1 Å². The second-order valence-corrected chi connectivity index (χ2v) is 12.6. The Balaban J connectivity index is 1.55. The molecule has 2 aromatic carbocycles. The number of benzene rings is 2. The van der Waals surface area contributed by atoms with Crippen molar-refractivity contribution in [2.75, 3.05) is 13.2 Å². The van der Waals surface area contributed by atoms with E-state index in [9.17, 15) is 9.18 Å². The SMILES string of the molecule is CCCCCCCCCCCCOc1ccc(SC(=O)c2ccc(OCC(F)CCCCCCCCCC)cc2)cc1. The van der Waals surface area contributed by atoms with Crippen LogP contribution in [-0.2, 0) is 0 Å². The molecule has 0 fully saturated rings. The van der Waals surface area contributed by atoms with Gasteiger partial charge in [0, 0.05) is 10.5 Å². The number of hydrogen-bond acceptors (Lipinski definition) is 4. The fourth-order valence-electron chi connectivity index (χ4n) is 5.01.